The molecule has 0 aliphatic carbocycles. The standard InChI is InChI=1S/C10H19N3O4S/c1-2-17-7-3-4-12-18(15,16)10-8-11-13(9-10)5-6-14/h8-9,12,14H,2-7H2,1H3. The zero-order valence-electron chi connectivity index (χ0n) is 10.4. The molecule has 8 heteroatoms. The molecule has 18 heavy (non-hydrogen) atoms. The average Bonchev–Trinajstić information content (AvgIpc) is 2.79. The van der Waals surface area contributed by atoms with Gasteiger partial charge in [-0.05, 0) is 13.3 Å². The molecule has 1 rings (SSSR count). The van der Waals surface area contributed by atoms with E-state index in [2.05, 4.69) is 9.82 Å². The number of nitrogens with zero attached hydrogens (tertiary/aromatic N) is 2. The summed E-state index contributed by atoms with van der Waals surface area (Å²) in [6, 6.07) is 0. The molecule has 0 fully saturated rings. The molecule has 0 spiro atoms. The summed E-state index contributed by atoms with van der Waals surface area (Å²) in [6.45, 7) is 3.57. The third-order valence-corrected chi connectivity index (χ3v) is 3.63. The summed E-state index contributed by atoms with van der Waals surface area (Å²) < 4.78 is 32.6. The van der Waals surface area contributed by atoms with Gasteiger partial charge in [0.2, 0.25) is 10.0 Å². The number of aliphatic hydroxyl groups excluding tert-OH is 1. The number of hydrogen-bond donors (Lipinski definition) is 2. The molecule has 0 saturated carbocycles. The van der Waals surface area contributed by atoms with Gasteiger partial charge in [0.25, 0.3) is 0 Å². The van der Waals surface area contributed by atoms with Gasteiger partial charge in [-0.1, -0.05) is 0 Å². The van der Waals surface area contributed by atoms with Crippen LogP contribution in [0.15, 0.2) is 17.3 Å². The van der Waals surface area contributed by atoms with Gasteiger partial charge in [-0.25, -0.2) is 13.1 Å². The SMILES string of the molecule is CCOCCCNS(=O)(=O)c1cnn(CCO)c1. The Balaban J connectivity index is 2.46. The van der Waals surface area contributed by atoms with Crippen molar-refractivity contribution in [3.8, 4) is 0 Å². The normalized spacial score (nSPS) is 11.9. The lowest BCUT2D eigenvalue weighted by Gasteiger charge is -2.04. The van der Waals surface area contributed by atoms with Crippen LogP contribution >= 0.6 is 0 Å². The van der Waals surface area contributed by atoms with Crippen molar-refractivity contribution in [3.05, 3.63) is 12.4 Å². The van der Waals surface area contributed by atoms with E-state index in [0.717, 1.165) is 0 Å². The minimum Gasteiger partial charge on any atom is -0.394 e. The van der Waals surface area contributed by atoms with Crippen LogP contribution in [-0.4, -0.2) is 49.7 Å². The second-order valence-electron chi connectivity index (χ2n) is 3.61. The van der Waals surface area contributed by atoms with Gasteiger partial charge in [0.15, 0.2) is 0 Å². The molecule has 104 valence electrons. The van der Waals surface area contributed by atoms with Crippen LogP contribution in [0.25, 0.3) is 0 Å². The fraction of sp³-hybridized carbons (Fsp3) is 0.700. The van der Waals surface area contributed by atoms with Crippen molar-refractivity contribution in [1.29, 1.82) is 0 Å². The fourth-order valence-electron chi connectivity index (χ4n) is 1.32. The number of aromatic nitrogens is 2. The lowest BCUT2D eigenvalue weighted by molar-refractivity contribution is 0.146. The maximum atomic E-state index is 11.8. The Kier molecular flexibility index (Phi) is 6.27. The highest BCUT2D eigenvalue weighted by Gasteiger charge is 2.15. The lowest BCUT2D eigenvalue weighted by Crippen LogP contribution is -2.25. The van der Waals surface area contributed by atoms with Crippen LogP contribution in [0.1, 0.15) is 13.3 Å². The fourth-order valence-corrected chi connectivity index (χ4v) is 2.34. The highest BCUT2D eigenvalue weighted by molar-refractivity contribution is 7.89. The summed E-state index contributed by atoms with van der Waals surface area (Å²) in [6.07, 6.45) is 3.28. The van der Waals surface area contributed by atoms with Crippen molar-refractivity contribution in [3.63, 3.8) is 0 Å². The molecule has 0 unspecified atom stereocenters. The quantitative estimate of drug-likeness (QED) is 0.598. The topological polar surface area (TPSA) is 93.5 Å². The minimum atomic E-state index is -3.52. The van der Waals surface area contributed by atoms with Crippen molar-refractivity contribution in [2.24, 2.45) is 0 Å². The van der Waals surface area contributed by atoms with Gasteiger partial charge in [0.1, 0.15) is 4.90 Å². The minimum absolute atomic E-state index is 0.0804. The first-order chi connectivity index (χ1) is 8.60. The summed E-state index contributed by atoms with van der Waals surface area (Å²) >= 11 is 0. The van der Waals surface area contributed by atoms with Crippen molar-refractivity contribution >= 4 is 10.0 Å². The molecule has 0 amide bonds. The first-order valence-corrected chi connectivity index (χ1v) is 7.29. The van der Waals surface area contributed by atoms with Crippen LogP contribution in [0, 0.1) is 0 Å². The van der Waals surface area contributed by atoms with E-state index in [1.807, 2.05) is 6.92 Å². The summed E-state index contributed by atoms with van der Waals surface area (Å²) in [5, 5.41) is 12.6. The molecule has 1 heterocycles. The van der Waals surface area contributed by atoms with Crippen LogP contribution < -0.4 is 4.72 Å². The molecule has 0 aliphatic rings. The number of nitrogens with one attached hydrogen (secondary N) is 1. The first kappa shape index (κ1) is 15.1. The Labute approximate surface area is 107 Å². The van der Waals surface area contributed by atoms with E-state index in [4.69, 9.17) is 9.84 Å². The van der Waals surface area contributed by atoms with E-state index >= 15 is 0 Å². The zero-order valence-corrected chi connectivity index (χ0v) is 11.2. The second-order valence-corrected chi connectivity index (χ2v) is 5.38. The lowest BCUT2D eigenvalue weighted by atomic mass is 10.5. The number of aliphatic hydroxyl groups is 1. The Hall–Kier alpha value is -0.960. The molecular formula is C10H19N3O4S. The van der Waals surface area contributed by atoms with Crippen molar-refractivity contribution in [1.82, 2.24) is 14.5 Å². The van der Waals surface area contributed by atoms with Gasteiger partial charge in [0.05, 0.1) is 19.3 Å². The molecule has 0 aliphatic heterocycles. The average molecular weight is 277 g/mol. The smallest absolute Gasteiger partial charge is 0.243 e. The maximum absolute atomic E-state index is 11.8. The Bertz CT molecular complexity index is 444. The molecule has 7 nitrogen and oxygen atoms in total. The molecular weight excluding hydrogens is 258 g/mol. The van der Waals surface area contributed by atoms with E-state index in [1.165, 1.54) is 17.1 Å². The molecule has 2 N–H and O–H groups in total. The molecule has 0 bridgehead atoms. The molecule has 0 radical (unpaired) electrons. The van der Waals surface area contributed by atoms with Crippen LogP contribution in [-0.2, 0) is 21.3 Å². The van der Waals surface area contributed by atoms with Gasteiger partial charge in [-0.3, -0.25) is 4.68 Å². The van der Waals surface area contributed by atoms with Gasteiger partial charge >= 0.3 is 0 Å². The molecule has 1 aromatic rings. The third kappa shape index (κ3) is 4.73. The Morgan fingerprint density at radius 2 is 2.33 bits per heavy atom. The van der Waals surface area contributed by atoms with Gasteiger partial charge in [-0.15, -0.1) is 0 Å². The van der Waals surface area contributed by atoms with Crippen LogP contribution in [0.2, 0.25) is 0 Å². The highest BCUT2D eigenvalue weighted by atomic mass is 32.2. The monoisotopic (exact) mass is 277 g/mol. The van der Waals surface area contributed by atoms with Gasteiger partial charge in [0, 0.05) is 26.0 Å². The zero-order chi connectivity index (χ0) is 13.4. The molecule has 1 aromatic heterocycles. The van der Waals surface area contributed by atoms with Crippen molar-refractivity contribution < 1.29 is 18.3 Å². The van der Waals surface area contributed by atoms with E-state index in [0.29, 0.717) is 26.2 Å². The largest absolute Gasteiger partial charge is 0.394 e. The molecule has 0 atom stereocenters. The number of hydrogen-bond acceptors (Lipinski definition) is 5. The summed E-state index contributed by atoms with van der Waals surface area (Å²) in [4.78, 5) is 0.104. The van der Waals surface area contributed by atoms with E-state index in [9.17, 15) is 8.42 Å². The first-order valence-electron chi connectivity index (χ1n) is 5.81. The van der Waals surface area contributed by atoms with Crippen molar-refractivity contribution in [2.45, 2.75) is 24.8 Å². The number of sulfonamides is 1. The molecule has 0 aromatic carbocycles. The number of ether oxygens (including phenoxy) is 1. The van der Waals surface area contributed by atoms with Gasteiger partial charge in [-0.2, -0.15) is 5.10 Å². The third-order valence-electron chi connectivity index (χ3n) is 2.21. The highest BCUT2D eigenvalue weighted by Crippen LogP contribution is 2.06. The van der Waals surface area contributed by atoms with Crippen LogP contribution in [0.3, 0.4) is 0 Å². The van der Waals surface area contributed by atoms with E-state index < -0.39 is 10.0 Å². The van der Waals surface area contributed by atoms with Crippen LogP contribution in [0.4, 0.5) is 0 Å². The Morgan fingerprint density at radius 3 is 3.00 bits per heavy atom. The van der Waals surface area contributed by atoms with Crippen molar-refractivity contribution in [2.75, 3.05) is 26.4 Å². The maximum Gasteiger partial charge on any atom is 0.243 e. The van der Waals surface area contributed by atoms with Crippen LogP contribution in [0.5, 0.6) is 0 Å². The van der Waals surface area contributed by atoms with E-state index in [1.54, 1.807) is 0 Å². The molecule has 0 saturated heterocycles. The summed E-state index contributed by atoms with van der Waals surface area (Å²) in [7, 11) is -3.52. The second kappa shape index (κ2) is 7.47. The summed E-state index contributed by atoms with van der Waals surface area (Å²) in [5.74, 6) is 0. The number of rotatable bonds is 9. The predicted octanol–water partition coefficient (Wildman–Crippen LogP) is -0.420. The summed E-state index contributed by atoms with van der Waals surface area (Å²) in [5.41, 5.74) is 0. The van der Waals surface area contributed by atoms with Gasteiger partial charge < -0.3 is 9.84 Å². The van der Waals surface area contributed by atoms with E-state index in [-0.39, 0.29) is 18.0 Å². The predicted molar refractivity (Wildman–Crippen MR) is 65.6 cm³/mol. The Morgan fingerprint density at radius 1 is 1.56 bits per heavy atom.